The first kappa shape index (κ1) is 40.3. The molecule has 324 valence electrons. The lowest BCUT2D eigenvalue weighted by molar-refractivity contribution is 0.768. The summed E-state index contributed by atoms with van der Waals surface area (Å²) in [6.45, 7) is 0. The van der Waals surface area contributed by atoms with Crippen LogP contribution in [0.25, 0.3) is 72.0 Å². The lowest BCUT2D eigenvalue weighted by Gasteiger charge is -2.35. The molecule has 2 nitrogen and oxygen atoms in total. The SMILES string of the molecule is c1ccc(-c2ccccc2N(c2ccc(-c3ccc(-c4ccc(-n5c6ccccc6c6ccccc65)cc4)cc3)cc2)c2ccc3c(c2)C(c2ccccc2)(c2ccccc2)c2ccccc2-3)cc1. The minimum atomic E-state index is -0.514. The molecule has 0 atom stereocenters. The van der Waals surface area contributed by atoms with Crippen LogP contribution in [0.3, 0.4) is 0 Å². The normalized spacial score (nSPS) is 12.5. The van der Waals surface area contributed by atoms with Gasteiger partial charge in [-0.05, 0) is 116 Å². The summed E-state index contributed by atoms with van der Waals surface area (Å²) in [5.74, 6) is 0. The average Bonchev–Trinajstić information content (AvgIpc) is 3.93. The van der Waals surface area contributed by atoms with Gasteiger partial charge in [0.25, 0.3) is 0 Å². The van der Waals surface area contributed by atoms with Crippen molar-refractivity contribution in [1.82, 2.24) is 4.57 Å². The van der Waals surface area contributed by atoms with Crippen molar-refractivity contribution in [3.8, 4) is 50.2 Å². The molecule has 13 rings (SSSR count). The van der Waals surface area contributed by atoms with Crippen molar-refractivity contribution < 1.29 is 0 Å². The number of hydrogen-bond donors (Lipinski definition) is 0. The summed E-state index contributed by atoms with van der Waals surface area (Å²) < 4.78 is 2.37. The third kappa shape index (κ3) is 6.64. The molecule has 1 aliphatic rings. The Hall–Kier alpha value is -8.98. The zero-order valence-corrected chi connectivity index (χ0v) is 38.0. The fourth-order valence-electron chi connectivity index (χ4n) is 11.2. The number of aromatic nitrogens is 1. The van der Waals surface area contributed by atoms with E-state index < -0.39 is 5.41 Å². The molecular weight excluding hydrogens is 833 g/mol. The summed E-state index contributed by atoms with van der Waals surface area (Å²) in [4.78, 5) is 2.45. The molecule has 69 heavy (non-hydrogen) atoms. The van der Waals surface area contributed by atoms with Gasteiger partial charge in [-0.25, -0.2) is 0 Å². The predicted molar refractivity (Wildman–Crippen MR) is 289 cm³/mol. The quantitative estimate of drug-likeness (QED) is 0.140. The van der Waals surface area contributed by atoms with Crippen LogP contribution in [0, 0.1) is 0 Å². The van der Waals surface area contributed by atoms with Gasteiger partial charge in [0.05, 0.1) is 22.1 Å². The second kappa shape index (κ2) is 16.7. The minimum Gasteiger partial charge on any atom is -0.310 e. The molecule has 0 spiro atoms. The Morgan fingerprint density at radius 3 is 1.32 bits per heavy atom. The van der Waals surface area contributed by atoms with Crippen molar-refractivity contribution in [3.05, 3.63) is 301 Å². The first-order valence-corrected chi connectivity index (χ1v) is 23.8. The van der Waals surface area contributed by atoms with E-state index in [2.05, 4.69) is 289 Å². The third-order valence-corrected chi connectivity index (χ3v) is 14.3. The van der Waals surface area contributed by atoms with Crippen LogP contribution >= 0.6 is 0 Å². The molecule has 0 fully saturated rings. The van der Waals surface area contributed by atoms with Crippen LogP contribution in [0.5, 0.6) is 0 Å². The van der Waals surface area contributed by atoms with Crippen LogP contribution in [-0.2, 0) is 5.41 Å². The zero-order chi connectivity index (χ0) is 45.7. The molecule has 0 amide bonds. The standard InChI is InChI=1S/C67H46N2/c1-4-18-51(19-5-1)57-24-11-15-29-64(57)68(56-44-45-59-58-25-10-14-28-62(58)67(63(59)46-56,52-20-6-2-7-21-52)53-22-8-3-9-23-53)54-40-36-49(37-41-54)47-32-34-48(35-33-47)50-38-42-55(43-39-50)69-65-30-16-12-26-60(65)61-27-13-17-31-66(61)69/h1-46H. The van der Waals surface area contributed by atoms with Gasteiger partial charge < -0.3 is 9.47 Å². The maximum atomic E-state index is 2.46. The Morgan fingerprint density at radius 1 is 0.290 bits per heavy atom. The molecule has 0 N–H and O–H groups in total. The topological polar surface area (TPSA) is 8.17 Å². The van der Waals surface area contributed by atoms with Crippen molar-refractivity contribution in [3.63, 3.8) is 0 Å². The molecule has 0 saturated heterocycles. The van der Waals surface area contributed by atoms with Crippen molar-refractivity contribution in [1.29, 1.82) is 0 Å². The average molecular weight is 879 g/mol. The highest BCUT2D eigenvalue weighted by atomic mass is 15.1. The zero-order valence-electron chi connectivity index (χ0n) is 38.0. The summed E-state index contributed by atoms with van der Waals surface area (Å²) in [6, 6.07) is 102. The summed E-state index contributed by atoms with van der Waals surface area (Å²) >= 11 is 0. The maximum absolute atomic E-state index is 2.46. The van der Waals surface area contributed by atoms with Crippen LogP contribution in [0.1, 0.15) is 22.3 Å². The molecule has 0 radical (unpaired) electrons. The Morgan fingerprint density at radius 2 is 0.725 bits per heavy atom. The third-order valence-electron chi connectivity index (χ3n) is 14.3. The molecule has 0 bridgehead atoms. The molecule has 1 heterocycles. The number of para-hydroxylation sites is 3. The van der Waals surface area contributed by atoms with E-state index >= 15 is 0 Å². The molecular formula is C67H46N2. The largest absolute Gasteiger partial charge is 0.310 e. The summed E-state index contributed by atoms with van der Waals surface area (Å²) in [5.41, 5.74) is 21.1. The van der Waals surface area contributed by atoms with Crippen molar-refractivity contribution >= 4 is 38.9 Å². The number of anilines is 3. The first-order chi connectivity index (χ1) is 34.2. The number of rotatable bonds is 9. The van der Waals surface area contributed by atoms with E-state index in [-0.39, 0.29) is 0 Å². The number of hydrogen-bond acceptors (Lipinski definition) is 1. The Kier molecular flexibility index (Phi) is 9.77. The van der Waals surface area contributed by atoms with E-state index in [1.807, 2.05) is 0 Å². The van der Waals surface area contributed by atoms with Gasteiger partial charge in [-0.1, -0.05) is 224 Å². The lowest BCUT2D eigenvalue weighted by Crippen LogP contribution is -2.28. The van der Waals surface area contributed by atoms with Crippen LogP contribution in [0.4, 0.5) is 17.1 Å². The molecule has 2 heteroatoms. The highest BCUT2D eigenvalue weighted by molar-refractivity contribution is 6.09. The van der Waals surface area contributed by atoms with E-state index in [0.717, 1.165) is 22.7 Å². The van der Waals surface area contributed by atoms with E-state index in [1.54, 1.807) is 0 Å². The smallest absolute Gasteiger partial charge is 0.0714 e. The Balaban J connectivity index is 0.889. The number of nitrogens with zero attached hydrogens (tertiary/aromatic N) is 2. The predicted octanol–water partition coefficient (Wildman–Crippen LogP) is 17.6. The van der Waals surface area contributed by atoms with Gasteiger partial charge in [0.2, 0.25) is 0 Å². The molecule has 0 aliphatic heterocycles. The number of fused-ring (bicyclic) bond motifs is 6. The fourth-order valence-corrected chi connectivity index (χ4v) is 11.2. The molecule has 1 aliphatic carbocycles. The van der Waals surface area contributed by atoms with Crippen molar-refractivity contribution in [2.24, 2.45) is 0 Å². The van der Waals surface area contributed by atoms with Gasteiger partial charge in [-0.3, -0.25) is 0 Å². The first-order valence-electron chi connectivity index (χ1n) is 23.8. The van der Waals surface area contributed by atoms with Gasteiger partial charge in [-0.15, -0.1) is 0 Å². The number of benzene rings is 11. The summed E-state index contributed by atoms with van der Waals surface area (Å²) in [5, 5.41) is 2.54. The maximum Gasteiger partial charge on any atom is 0.0714 e. The monoisotopic (exact) mass is 878 g/mol. The van der Waals surface area contributed by atoms with E-state index in [0.29, 0.717) is 0 Å². The second-order valence-corrected chi connectivity index (χ2v) is 18.0. The Labute approximate surface area is 403 Å². The van der Waals surface area contributed by atoms with Crippen molar-refractivity contribution in [2.45, 2.75) is 5.41 Å². The summed E-state index contributed by atoms with van der Waals surface area (Å²) in [6.07, 6.45) is 0. The van der Waals surface area contributed by atoms with Crippen LogP contribution in [0.2, 0.25) is 0 Å². The molecule has 11 aromatic carbocycles. The molecule has 12 aromatic rings. The van der Waals surface area contributed by atoms with Gasteiger partial charge in [0.15, 0.2) is 0 Å². The minimum absolute atomic E-state index is 0.514. The van der Waals surface area contributed by atoms with E-state index in [4.69, 9.17) is 0 Å². The van der Waals surface area contributed by atoms with Crippen LogP contribution in [-0.4, -0.2) is 4.57 Å². The molecule has 1 aromatic heterocycles. The highest BCUT2D eigenvalue weighted by Crippen LogP contribution is 2.57. The van der Waals surface area contributed by atoms with Gasteiger partial charge in [0, 0.05) is 33.4 Å². The van der Waals surface area contributed by atoms with E-state index in [9.17, 15) is 0 Å². The molecule has 0 saturated carbocycles. The van der Waals surface area contributed by atoms with Gasteiger partial charge >= 0.3 is 0 Å². The second-order valence-electron chi connectivity index (χ2n) is 18.0. The lowest BCUT2D eigenvalue weighted by atomic mass is 9.67. The van der Waals surface area contributed by atoms with Crippen molar-refractivity contribution in [2.75, 3.05) is 4.90 Å². The summed E-state index contributed by atoms with van der Waals surface area (Å²) in [7, 11) is 0. The molecule has 0 unspecified atom stereocenters. The van der Waals surface area contributed by atoms with Gasteiger partial charge in [-0.2, -0.15) is 0 Å². The van der Waals surface area contributed by atoms with Gasteiger partial charge in [0.1, 0.15) is 0 Å². The van der Waals surface area contributed by atoms with E-state index in [1.165, 1.54) is 88.6 Å². The highest BCUT2D eigenvalue weighted by Gasteiger charge is 2.46. The van der Waals surface area contributed by atoms with Crippen LogP contribution < -0.4 is 4.90 Å². The van der Waals surface area contributed by atoms with Crippen LogP contribution in [0.15, 0.2) is 279 Å². The fraction of sp³-hybridized carbons (Fsp3) is 0.0149. The Bertz CT molecular complexity index is 3700.